The number of nitrogens with one attached hydrogen (secondary N) is 2. The number of nitrogens with two attached hydrogens (primary N) is 1. The van der Waals surface area contributed by atoms with Gasteiger partial charge in [-0.3, -0.25) is 4.79 Å². The van der Waals surface area contributed by atoms with E-state index >= 15 is 0 Å². The van der Waals surface area contributed by atoms with Crippen LogP contribution < -0.4 is 16.4 Å². The van der Waals surface area contributed by atoms with E-state index in [1.54, 1.807) is 12.1 Å². The van der Waals surface area contributed by atoms with E-state index in [2.05, 4.69) is 15.6 Å². The fourth-order valence-corrected chi connectivity index (χ4v) is 3.15. The molecule has 0 aliphatic heterocycles. The zero-order valence-corrected chi connectivity index (χ0v) is 17.6. The third-order valence-electron chi connectivity index (χ3n) is 4.60. The van der Waals surface area contributed by atoms with Gasteiger partial charge in [-0.05, 0) is 42.7 Å². The van der Waals surface area contributed by atoms with Crippen LogP contribution in [-0.4, -0.2) is 17.9 Å². The second-order valence-corrected chi connectivity index (χ2v) is 6.66. The van der Waals surface area contributed by atoms with Gasteiger partial charge in [-0.1, -0.05) is 37.8 Å². The molecule has 1 fully saturated rings. The molecule has 1 aliphatic carbocycles. The Morgan fingerprint density at radius 1 is 1.11 bits per heavy atom. The number of rotatable bonds is 5. The summed E-state index contributed by atoms with van der Waals surface area (Å²) in [5, 5.41) is 6.13. The molecule has 0 unspecified atom stereocenters. The van der Waals surface area contributed by atoms with Crippen LogP contribution in [0, 0.1) is 0 Å². The number of nitrogens with zero attached hydrogens (tertiary/aromatic N) is 1. The molecule has 27 heavy (non-hydrogen) atoms. The van der Waals surface area contributed by atoms with Crippen LogP contribution in [0.3, 0.4) is 0 Å². The lowest BCUT2D eigenvalue weighted by atomic mass is 10.1. The summed E-state index contributed by atoms with van der Waals surface area (Å²) in [5.41, 5.74) is 7.77. The number of halogens is 1. The van der Waals surface area contributed by atoms with Crippen molar-refractivity contribution in [3.8, 4) is 0 Å². The average molecular weight is 482 g/mol. The zero-order valence-electron chi connectivity index (χ0n) is 15.3. The molecule has 1 saturated carbocycles. The molecule has 0 radical (unpaired) electrons. The summed E-state index contributed by atoms with van der Waals surface area (Å²) in [6, 6.07) is 11.3. The Kier molecular flexibility index (Phi) is 8.63. The van der Waals surface area contributed by atoms with Gasteiger partial charge >= 0.3 is 0 Å². The molecule has 1 aliphatic rings. The van der Waals surface area contributed by atoms with Gasteiger partial charge in [0.25, 0.3) is 5.91 Å². The molecule has 0 spiro atoms. The largest absolute Gasteiger partial charge is 0.459 e. The first-order chi connectivity index (χ1) is 12.7. The lowest BCUT2D eigenvalue weighted by Gasteiger charge is -2.16. The van der Waals surface area contributed by atoms with E-state index in [1.165, 1.54) is 44.8 Å². The number of furan rings is 1. The minimum atomic E-state index is -0.266. The standard InChI is InChI=1S/C20H26N4O2.HI/c21-20(24-16-6-3-1-2-4-7-16)22-14-15-9-11-17(12-10-15)23-19(25)18-8-5-13-26-18;/h5,8-13,16H,1-4,6-7,14H2,(H,23,25)(H3,21,22,24);1H. The molecule has 3 rings (SSSR count). The van der Waals surface area contributed by atoms with E-state index in [1.807, 2.05) is 24.3 Å². The molecule has 4 N–H and O–H groups in total. The van der Waals surface area contributed by atoms with E-state index in [-0.39, 0.29) is 35.6 Å². The first-order valence-electron chi connectivity index (χ1n) is 9.21. The van der Waals surface area contributed by atoms with Crippen LogP contribution >= 0.6 is 24.0 Å². The monoisotopic (exact) mass is 482 g/mol. The lowest BCUT2D eigenvalue weighted by Crippen LogP contribution is -2.39. The van der Waals surface area contributed by atoms with Crippen molar-refractivity contribution in [2.24, 2.45) is 10.7 Å². The number of carbonyl (C=O) groups excluding carboxylic acids is 1. The van der Waals surface area contributed by atoms with E-state index in [0.29, 0.717) is 24.2 Å². The summed E-state index contributed by atoms with van der Waals surface area (Å²) in [5.74, 6) is 0.528. The van der Waals surface area contributed by atoms with Gasteiger partial charge in [0.1, 0.15) is 0 Å². The minimum absolute atomic E-state index is 0. The lowest BCUT2D eigenvalue weighted by molar-refractivity contribution is 0.0996. The maximum Gasteiger partial charge on any atom is 0.291 e. The van der Waals surface area contributed by atoms with Crippen molar-refractivity contribution in [1.29, 1.82) is 0 Å². The fourth-order valence-electron chi connectivity index (χ4n) is 3.15. The normalized spacial score (nSPS) is 15.5. The summed E-state index contributed by atoms with van der Waals surface area (Å²) in [6.45, 7) is 0.512. The molecule has 1 heterocycles. The van der Waals surface area contributed by atoms with Gasteiger partial charge in [0, 0.05) is 11.7 Å². The van der Waals surface area contributed by atoms with Gasteiger partial charge in [0.05, 0.1) is 12.8 Å². The van der Waals surface area contributed by atoms with Crippen LogP contribution in [0.5, 0.6) is 0 Å². The highest BCUT2D eigenvalue weighted by Gasteiger charge is 2.12. The van der Waals surface area contributed by atoms with Gasteiger partial charge in [-0.25, -0.2) is 4.99 Å². The quantitative estimate of drug-likeness (QED) is 0.257. The molecule has 0 bridgehead atoms. The Bertz CT molecular complexity index is 721. The number of amides is 1. The maximum atomic E-state index is 11.9. The van der Waals surface area contributed by atoms with Crippen molar-refractivity contribution < 1.29 is 9.21 Å². The Labute approximate surface area is 177 Å². The van der Waals surface area contributed by atoms with Gasteiger partial charge in [0.2, 0.25) is 0 Å². The number of hydrogen-bond donors (Lipinski definition) is 3. The van der Waals surface area contributed by atoms with Crippen LogP contribution in [0.1, 0.15) is 54.6 Å². The van der Waals surface area contributed by atoms with Crippen molar-refractivity contribution in [1.82, 2.24) is 5.32 Å². The van der Waals surface area contributed by atoms with Crippen molar-refractivity contribution in [2.45, 2.75) is 51.1 Å². The minimum Gasteiger partial charge on any atom is -0.459 e. The van der Waals surface area contributed by atoms with Crippen molar-refractivity contribution in [2.75, 3.05) is 5.32 Å². The first-order valence-corrected chi connectivity index (χ1v) is 9.21. The topological polar surface area (TPSA) is 92.6 Å². The number of benzene rings is 1. The predicted molar refractivity (Wildman–Crippen MR) is 118 cm³/mol. The first kappa shape index (κ1) is 21.3. The molecule has 7 heteroatoms. The molecule has 6 nitrogen and oxygen atoms in total. The highest BCUT2D eigenvalue weighted by Crippen LogP contribution is 2.17. The molecule has 0 atom stereocenters. The summed E-state index contributed by atoms with van der Waals surface area (Å²) in [4.78, 5) is 16.4. The van der Waals surface area contributed by atoms with Gasteiger partial charge < -0.3 is 20.8 Å². The SMILES string of the molecule is I.NC(=NCc1ccc(NC(=O)c2ccco2)cc1)NC1CCCCCC1. The number of aliphatic imine (C=N–C) groups is 1. The average Bonchev–Trinajstić information content (AvgIpc) is 3.07. The summed E-state index contributed by atoms with van der Waals surface area (Å²) >= 11 is 0. The molecular weight excluding hydrogens is 455 g/mol. The summed E-state index contributed by atoms with van der Waals surface area (Å²) in [6.07, 6.45) is 8.96. The molecular formula is C20H27IN4O2. The van der Waals surface area contributed by atoms with Crippen molar-refractivity contribution >= 4 is 41.5 Å². The van der Waals surface area contributed by atoms with Crippen molar-refractivity contribution in [3.05, 3.63) is 54.0 Å². The third kappa shape index (κ3) is 6.89. The van der Waals surface area contributed by atoms with Crippen LogP contribution in [0.25, 0.3) is 0 Å². The van der Waals surface area contributed by atoms with Crippen LogP contribution in [0.15, 0.2) is 52.1 Å². The van der Waals surface area contributed by atoms with Gasteiger partial charge in [-0.15, -0.1) is 24.0 Å². The van der Waals surface area contributed by atoms with E-state index < -0.39 is 0 Å². The second kappa shape index (κ2) is 11.0. The predicted octanol–water partition coefficient (Wildman–Crippen LogP) is 4.28. The fraction of sp³-hybridized carbons (Fsp3) is 0.400. The molecule has 1 aromatic heterocycles. The smallest absolute Gasteiger partial charge is 0.291 e. The second-order valence-electron chi connectivity index (χ2n) is 6.66. The Balaban J connectivity index is 0.00000261. The molecule has 0 saturated heterocycles. The van der Waals surface area contributed by atoms with Crippen LogP contribution in [-0.2, 0) is 6.54 Å². The van der Waals surface area contributed by atoms with Crippen molar-refractivity contribution in [3.63, 3.8) is 0 Å². The van der Waals surface area contributed by atoms with E-state index in [9.17, 15) is 4.79 Å². The molecule has 2 aromatic rings. The molecule has 1 amide bonds. The highest BCUT2D eigenvalue weighted by molar-refractivity contribution is 14.0. The number of anilines is 1. The highest BCUT2D eigenvalue weighted by atomic mass is 127. The maximum absolute atomic E-state index is 11.9. The summed E-state index contributed by atoms with van der Waals surface area (Å²) in [7, 11) is 0. The number of carbonyl (C=O) groups is 1. The van der Waals surface area contributed by atoms with Crippen LogP contribution in [0.4, 0.5) is 5.69 Å². The Morgan fingerprint density at radius 3 is 2.44 bits per heavy atom. The summed E-state index contributed by atoms with van der Waals surface area (Å²) < 4.78 is 5.08. The van der Waals surface area contributed by atoms with Gasteiger partial charge in [0.15, 0.2) is 11.7 Å². The Morgan fingerprint density at radius 2 is 1.81 bits per heavy atom. The number of hydrogen-bond acceptors (Lipinski definition) is 3. The van der Waals surface area contributed by atoms with Crippen LogP contribution in [0.2, 0.25) is 0 Å². The third-order valence-corrected chi connectivity index (χ3v) is 4.60. The van der Waals surface area contributed by atoms with E-state index in [4.69, 9.17) is 10.2 Å². The molecule has 1 aromatic carbocycles. The zero-order chi connectivity index (χ0) is 18.2. The van der Waals surface area contributed by atoms with E-state index in [0.717, 1.165) is 5.56 Å². The molecule has 146 valence electrons. The number of guanidine groups is 1. The van der Waals surface area contributed by atoms with Gasteiger partial charge in [-0.2, -0.15) is 0 Å². The Hall–Kier alpha value is -2.03.